The van der Waals surface area contributed by atoms with Crippen molar-refractivity contribution in [1.82, 2.24) is 9.97 Å². The Kier molecular flexibility index (Phi) is 5.18. The van der Waals surface area contributed by atoms with Crippen LogP contribution in [0.25, 0.3) is 0 Å². The van der Waals surface area contributed by atoms with Crippen LogP contribution in [0, 0.1) is 0 Å². The highest BCUT2D eigenvalue weighted by atomic mass is 79.9. The second kappa shape index (κ2) is 7.70. The van der Waals surface area contributed by atoms with Crippen LogP contribution in [0.15, 0.2) is 71.3 Å². The number of benzene rings is 2. The lowest BCUT2D eigenvalue weighted by molar-refractivity contribution is 0.102. The van der Waals surface area contributed by atoms with E-state index in [0.29, 0.717) is 23.9 Å². The van der Waals surface area contributed by atoms with Crippen LogP contribution in [0.4, 0.5) is 11.6 Å². The molecule has 1 aromatic heterocycles. The molecule has 1 heterocycles. The van der Waals surface area contributed by atoms with Crippen molar-refractivity contribution < 1.29 is 4.79 Å². The first-order valence-electron chi connectivity index (χ1n) is 7.38. The zero-order valence-corrected chi connectivity index (χ0v) is 14.3. The summed E-state index contributed by atoms with van der Waals surface area (Å²) in [7, 11) is 0. The Morgan fingerprint density at radius 2 is 1.88 bits per heavy atom. The molecule has 0 aliphatic rings. The van der Waals surface area contributed by atoms with Gasteiger partial charge >= 0.3 is 0 Å². The number of hydrogen-bond acceptors (Lipinski definition) is 4. The first kappa shape index (κ1) is 16.1. The third-order valence-electron chi connectivity index (χ3n) is 3.26. The number of carbonyl (C=O) groups excluding carboxylic acids is 1. The van der Waals surface area contributed by atoms with Crippen molar-refractivity contribution in [3.05, 3.63) is 82.6 Å². The number of aromatic nitrogens is 2. The fraction of sp³-hybridized carbons (Fsp3) is 0.0556. The van der Waals surface area contributed by atoms with E-state index in [4.69, 9.17) is 0 Å². The third kappa shape index (κ3) is 4.39. The number of amides is 1. The minimum Gasteiger partial charge on any atom is -0.350 e. The van der Waals surface area contributed by atoms with Crippen molar-refractivity contribution in [2.75, 3.05) is 10.6 Å². The van der Waals surface area contributed by atoms with E-state index in [1.54, 1.807) is 12.3 Å². The fourth-order valence-corrected chi connectivity index (χ4v) is 2.51. The van der Waals surface area contributed by atoms with Crippen molar-refractivity contribution in [2.45, 2.75) is 6.54 Å². The fourth-order valence-electron chi connectivity index (χ4n) is 2.11. The molecule has 0 fully saturated rings. The van der Waals surface area contributed by atoms with Crippen molar-refractivity contribution in [2.24, 2.45) is 0 Å². The predicted octanol–water partition coefficient (Wildman–Crippen LogP) is 4.10. The zero-order chi connectivity index (χ0) is 16.8. The minimum atomic E-state index is -0.279. The van der Waals surface area contributed by atoms with Crippen molar-refractivity contribution >= 4 is 33.5 Å². The summed E-state index contributed by atoms with van der Waals surface area (Å²) in [6, 6.07) is 18.9. The molecule has 24 heavy (non-hydrogen) atoms. The molecule has 0 spiro atoms. The van der Waals surface area contributed by atoms with Gasteiger partial charge in [0.15, 0.2) is 0 Å². The third-order valence-corrected chi connectivity index (χ3v) is 3.76. The maximum atomic E-state index is 12.3. The minimum absolute atomic E-state index is 0.279. The van der Waals surface area contributed by atoms with Gasteiger partial charge in [0.25, 0.3) is 5.91 Å². The van der Waals surface area contributed by atoms with Gasteiger partial charge in [0.1, 0.15) is 5.69 Å². The topological polar surface area (TPSA) is 66.9 Å². The SMILES string of the molecule is O=C(Nc1cccc(Br)c1)c1ccnc(NCc2ccccc2)n1. The number of halogens is 1. The van der Waals surface area contributed by atoms with E-state index >= 15 is 0 Å². The molecule has 120 valence electrons. The summed E-state index contributed by atoms with van der Waals surface area (Å²) < 4.78 is 0.896. The van der Waals surface area contributed by atoms with Gasteiger partial charge in [-0.3, -0.25) is 4.79 Å². The van der Waals surface area contributed by atoms with Gasteiger partial charge in [-0.25, -0.2) is 9.97 Å². The maximum absolute atomic E-state index is 12.3. The smallest absolute Gasteiger partial charge is 0.274 e. The second-order valence-electron chi connectivity index (χ2n) is 5.07. The molecule has 1 amide bonds. The van der Waals surface area contributed by atoms with Crippen molar-refractivity contribution in [3.8, 4) is 0 Å². The van der Waals surface area contributed by atoms with Crippen LogP contribution in [0.1, 0.15) is 16.1 Å². The number of nitrogens with one attached hydrogen (secondary N) is 2. The highest BCUT2D eigenvalue weighted by molar-refractivity contribution is 9.10. The van der Waals surface area contributed by atoms with E-state index in [-0.39, 0.29) is 5.91 Å². The quantitative estimate of drug-likeness (QED) is 0.696. The molecule has 2 N–H and O–H groups in total. The number of carbonyl (C=O) groups is 1. The summed E-state index contributed by atoms with van der Waals surface area (Å²) in [6.07, 6.45) is 1.57. The second-order valence-corrected chi connectivity index (χ2v) is 5.98. The summed E-state index contributed by atoms with van der Waals surface area (Å²) in [4.78, 5) is 20.7. The molecule has 2 aromatic carbocycles. The molecule has 0 bridgehead atoms. The van der Waals surface area contributed by atoms with Gasteiger partial charge in [-0.1, -0.05) is 52.3 Å². The van der Waals surface area contributed by atoms with Crippen LogP contribution >= 0.6 is 15.9 Å². The molecule has 0 saturated heterocycles. The predicted molar refractivity (Wildman–Crippen MR) is 97.9 cm³/mol. The normalized spacial score (nSPS) is 10.2. The molecule has 0 radical (unpaired) electrons. The molecule has 5 nitrogen and oxygen atoms in total. The van der Waals surface area contributed by atoms with Crippen LogP contribution in [0.5, 0.6) is 0 Å². The van der Waals surface area contributed by atoms with E-state index in [1.165, 1.54) is 0 Å². The molecular weight excluding hydrogens is 368 g/mol. The molecule has 0 unspecified atom stereocenters. The van der Waals surface area contributed by atoms with Gasteiger partial charge in [-0.2, -0.15) is 0 Å². The number of rotatable bonds is 5. The van der Waals surface area contributed by atoms with E-state index < -0.39 is 0 Å². The zero-order valence-electron chi connectivity index (χ0n) is 12.7. The van der Waals surface area contributed by atoms with Crippen LogP contribution in [-0.2, 0) is 6.54 Å². The van der Waals surface area contributed by atoms with Gasteiger partial charge in [-0.05, 0) is 29.8 Å². The molecule has 0 aliphatic heterocycles. The van der Waals surface area contributed by atoms with E-state index in [0.717, 1.165) is 10.0 Å². The summed E-state index contributed by atoms with van der Waals surface area (Å²) >= 11 is 3.38. The number of hydrogen-bond donors (Lipinski definition) is 2. The summed E-state index contributed by atoms with van der Waals surface area (Å²) in [6.45, 7) is 0.595. The average molecular weight is 383 g/mol. The van der Waals surface area contributed by atoms with Crippen LogP contribution in [0.2, 0.25) is 0 Å². The lowest BCUT2D eigenvalue weighted by atomic mass is 10.2. The lowest BCUT2D eigenvalue weighted by Crippen LogP contribution is -2.15. The Bertz CT molecular complexity index is 839. The van der Waals surface area contributed by atoms with Crippen LogP contribution in [-0.4, -0.2) is 15.9 Å². The number of nitrogens with zero attached hydrogens (tertiary/aromatic N) is 2. The Labute approximate surface area is 148 Å². The Morgan fingerprint density at radius 1 is 1.04 bits per heavy atom. The Balaban J connectivity index is 1.67. The largest absolute Gasteiger partial charge is 0.350 e. The highest BCUT2D eigenvalue weighted by Crippen LogP contribution is 2.16. The highest BCUT2D eigenvalue weighted by Gasteiger charge is 2.09. The van der Waals surface area contributed by atoms with Gasteiger partial charge in [-0.15, -0.1) is 0 Å². The molecule has 0 atom stereocenters. The molecule has 3 aromatic rings. The first-order valence-corrected chi connectivity index (χ1v) is 8.18. The van der Waals surface area contributed by atoms with Gasteiger partial charge < -0.3 is 10.6 Å². The number of anilines is 2. The summed E-state index contributed by atoms with van der Waals surface area (Å²) in [5, 5.41) is 5.93. The maximum Gasteiger partial charge on any atom is 0.274 e. The van der Waals surface area contributed by atoms with Crippen molar-refractivity contribution in [3.63, 3.8) is 0 Å². The molecule has 0 aliphatic carbocycles. The summed E-state index contributed by atoms with van der Waals surface area (Å²) in [5.41, 5.74) is 2.12. The Hall–Kier alpha value is -2.73. The van der Waals surface area contributed by atoms with Crippen molar-refractivity contribution in [1.29, 1.82) is 0 Å². The van der Waals surface area contributed by atoms with E-state index in [9.17, 15) is 4.79 Å². The lowest BCUT2D eigenvalue weighted by Gasteiger charge is -2.08. The molecule has 6 heteroatoms. The Morgan fingerprint density at radius 3 is 2.67 bits per heavy atom. The molecular formula is C18H15BrN4O. The standard InChI is InChI=1S/C18H15BrN4O/c19-14-7-4-8-15(11-14)22-17(24)16-9-10-20-18(23-16)21-12-13-5-2-1-3-6-13/h1-11H,12H2,(H,22,24)(H,20,21,23). The van der Waals surface area contributed by atoms with Crippen LogP contribution in [0.3, 0.4) is 0 Å². The summed E-state index contributed by atoms with van der Waals surface area (Å²) in [5.74, 6) is 0.138. The van der Waals surface area contributed by atoms with E-state index in [2.05, 4.69) is 36.5 Å². The van der Waals surface area contributed by atoms with Gasteiger partial charge in [0.2, 0.25) is 5.95 Å². The van der Waals surface area contributed by atoms with E-state index in [1.807, 2.05) is 54.6 Å². The van der Waals surface area contributed by atoms with Gasteiger partial charge in [0, 0.05) is 22.9 Å². The monoisotopic (exact) mass is 382 g/mol. The molecule has 3 rings (SSSR count). The molecule has 0 saturated carbocycles. The van der Waals surface area contributed by atoms with Gasteiger partial charge in [0.05, 0.1) is 0 Å². The first-order chi connectivity index (χ1) is 11.7. The van der Waals surface area contributed by atoms with Crippen LogP contribution < -0.4 is 10.6 Å². The average Bonchev–Trinajstić information content (AvgIpc) is 2.61.